The van der Waals surface area contributed by atoms with Crippen molar-refractivity contribution in [3.05, 3.63) is 0 Å². The molecule has 0 saturated carbocycles. The lowest BCUT2D eigenvalue weighted by Crippen LogP contribution is -2.05. The Kier molecular flexibility index (Phi) is 13.4. The minimum atomic E-state index is -4.49. The Labute approximate surface area is 131 Å². The van der Waals surface area contributed by atoms with Crippen molar-refractivity contribution in [3.63, 3.8) is 0 Å². The first-order chi connectivity index (χ1) is 9.95. The van der Waals surface area contributed by atoms with E-state index >= 15 is 0 Å². The lowest BCUT2D eigenvalue weighted by atomic mass is 9.98. The maximum atomic E-state index is 10.2. The predicted octanol–water partition coefficient (Wildman–Crippen LogP) is 4.80. The van der Waals surface area contributed by atoms with Crippen LogP contribution >= 0.6 is 0 Å². The zero-order valence-corrected chi connectivity index (χ0v) is 14.6. The molecule has 0 fully saturated rings. The molecule has 5 heteroatoms. The molecule has 0 aromatic carbocycles. The van der Waals surface area contributed by atoms with Crippen LogP contribution in [0, 0.1) is 5.92 Å². The lowest BCUT2D eigenvalue weighted by molar-refractivity contribution is 0.255. The van der Waals surface area contributed by atoms with E-state index in [4.69, 9.17) is 0 Å². The molecular weight excluding hydrogens is 288 g/mol. The highest BCUT2D eigenvalue weighted by Gasteiger charge is 2.00. The number of hydrogen-bond donors (Lipinski definition) is 0. The van der Waals surface area contributed by atoms with Crippen LogP contribution in [-0.2, 0) is 14.6 Å². The van der Waals surface area contributed by atoms with Gasteiger partial charge in [0.15, 0.2) is 0 Å². The van der Waals surface area contributed by atoms with E-state index in [1.165, 1.54) is 57.8 Å². The van der Waals surface area contributed by atoms with Crippen LogP contribution in [0.15, 0.2) is 0 Å². The summed E-state index contributed by atoms with van der Waals surface area (Å²) in [6.07, 6.45) is 14.5. The highest BCUT2D eigenvalue weighted by Crippen LogP contribution is 2.16. The minimum Gasteiger partial charge on any atom is -0.726 e. The first-order valence-electron chi connectivity index (χ1n) is 8.56. The Morgan fingerprint density at radius 1 is 0.857 bits per heavy atom. The topological polar surface area (TPSA) is 66.4 Å². The zero-order valence-electron chi connectivity index (χ0n) is 13.8. The Morgan fingerprint density at radius 3 is 1.81 bits per heavy atom. The first kappa shape index (κ1) is 20.9. The fourth-order valence-electron chi connectivity index (χ4n) is 2.63. The smallest absolute Gasteiger partial charge is 0.217 e. The van der Waals surface area contributed by atoms with Crippen molar-refractivity contribution in [1.82, 2.24) is 0 Å². The summed E-state index contributed by atoms with van der Waals surface area (Å²) in [6.45, 7) is 4.63. The van der Waals surface area contributed by atoms with E-state index in [1.807, 2.05) is 0 Å². The third-order valence-corrected chi connectivity index (χ3v) is 4.31. The zero-order chi connectivity index (χ0) is 16.0. The Morgan fingerprint density at radius 2 is 1.33 bits per heavy atom. The third kappa shape index (κ3) is 17.8. The summed E-state index contributed by atoms with van der Waals surface area (Å²) < 4.78 is 34.7. The summed E-state index contributed by atoms with van der Waals surface area (Å²) >= 11 is 0. The number of hydrogen-bond acceptors (Lipinski definition) is 4. The summed E-state index contributed by atoms with van der Waals surface area (Å²) in [4.78, 5) is 0. The Hall–Kier alpha value is -0.130. The van der Waals surface area contributed by atoms with Gasteiger partial charge in [0.05, 0.1) is 6.61 Å². The molecule has 0 aliphatic rings. The van der Waals surface area contributed by atoms with E-state index in [2.05, 4.69) is 18.0 Å². The monoisotopic (exact) mass is 321 g/mol. The van der Waals surface area contributed by atoms with Crippen molar-refractivity contribution >= 4 is 10.4 Å². The third-order valence-electron chi connectivity index (χ3n) is 3.85. The molecule has 0 bridgehead atoms. The van der Waals surface area contributed by atoms with Gasteiger partial charge in [0.2, 0.25) is 10.4 Å². The molecule has 0 aliphatic carbocycles. The maximum Gasteiger partial charge on any atom is 0.217 e. The van der Waals surface area contributed by atoms with Gasteiger partial charge in [0.25, 0.3) is 0 Å². The molecule has 1 atom stereocenters. The van der Waals surface area contributed by atoms with Gasteiger partial charge < -0.3 is 4.55 Å². The standard InChI is InChI=1S/C16H34O4S/c1-3-13-16(2)14-11-9-7-5-4-6-8-10-12-15-20-21(17,18)19/h16H,3-15H2,1-2H3,(H,17,18,19)/p-1. The van der Waals surface area contributed by atoms with Crippen LogP contribution in [0.5, 0.6) is 0 Å². The van der Waals surface area contributed by atoms with Crippen LogP contribution in [0.4, 0.5) is 0 Å². The van der Waals surface area contributed by atoms with Crippen LogP contribution < -0.4 is 0 Å². The molecule has 0 amide bonds. The summed E-state index contributed by atoms with van der Waals surface area (Å²) in [7, 11) is -4.49. The van der Waals surface area contributed by atoms with Gasteiger partial charge in [-0.3, -0.25) is 4.18 Å². The molecule has 0 aromatic heterocycles. The van der Waals surface area contributed by atoms with E-state index in [1.54, 1.807) is 0 Å². The normalized spacial score (nSPS) is 13.5. The van der Waals surface area contributed by atoms with E-state index in [9.17, 15) is 13.0 Å². The van der Waals surface area contributed by atoms with E-state index in [-0.39, 0.29) is 6.61 Å². The van der Waals surface area contributed by atoms with Gasteiger partial charge in [-0.15, -0.1) is 0 Å². The second kappa shape index (κ2) is 13.5. The second-order valence-electron chi connectivity index (χ2n) is 6.09. The van der Waals surface area contributed by atoms with Crippen LogP contribution in [0.3, 0.4) is 0 Å². The molecule has 1 unspecified atom stereocenters. The van der Waals surface area contributed by atoms with Crippen molar-refractivity contribution in [1.29, 1.82) is 0 Å². The molecule has 4 nitrogen and oxygen atoms in total. The molecule has 128 valence electrons. The van der Waals surface area contributed by atoms with Crippen LogP contribution in [-0.4, -0.2) is 19.6 Å². The maximum absolute atomic E-state index is 10.2. The molecule has 0 aliphatic heterocycles. The average molecular weight is 322 g/mol. The second-order valence-corrected chi connectivity index (χ2v) is 7.15. The molecule has 0 N–H and O–H groups in total. The summed E-state index contributed by atoms with van der Waals surface area (Å²) in [5.41, 5.74) is 0. The molecule has 0 saturated heterocycles. The molecule has 21 heavy (non-hydrogen) atoms. The number of unbranched alkanes of at least 4 members (excludes halogenated alkanes) is 8. The van der Waals surface area contributed by atoms with Gasteiger partial charge in [-0.1, -0.05) is 84.5 Å². The van der Waals surface area contributed by atoms with Crippen molar-refractivity contribution in [2.24, 2.45) is 5.92 Å². The Bertz CT molecular complexity index is 314. The SMILES string of the molecule is CCCC(C)CCCCCCCCCCCOS(=O)(=O)[O-]. The summed E-state index contributed by atoms with van der Waals surface area (Å²) in [5.74, 6) is 0.884. The fraction of sp³-hybridized carbons (Fsp3) is 1.00. The van der Waals surface area contributed by atoms with Gasteiger partial charge in [-0.2, -0.15) is 0 Å². The van der Waals surface area contributed by atoms with E-state index < -0.39 is 10.4 Å². The van der Waals surface area contributed by atoms with Gasteiger partial charge in [0, 0.05) is 0 Å². The van der Waals surface area contributed by atoms with Crippen molar-refractivity contribution in [2.45, 2.75) is 90.9 Å². The molecule has 0 radical (unpaired) electrons. The van der Waals surface area contributed by atoms with Crippen LogP contribution in [0.2, 0.25) is 0 Å². The van der Waals surface area contributed by atoms with E-state index in [0.29, 0.717) is 6.42 Å². The lowest BCUT2D eigenvalue weighted by Gasteiger charge is -2.09. The predicted molar refractivity (Wildman–Crippen MR) is 85.9 cm³/mol. The molecule has 0 heterocycles. The summed E-state index contributed by atoms with van der Waals surface area (Å²) in [6, 6.07) is 0. The Balaban J connectivity index is 3.12. The fourth-order valence-corrected chi connectivity index (χ4v) is 2.95. The highest BCUT2D eigenvalue weighted by atomic mass is 32.3. The molecule has 0 spiro atoms. The number of rotatable bonds is 15. The largest absolute Gasteiger partial charge is 0.726 e. The highest BCUT2D eigenvalue weighted by molar-refractivity contribution is 7.80. The quantitative estimate of drug-likeness (QED) is 0.247. The molecular formula is C16H33O4S-. The molecule has 0 aromatic rings. The van der Waals surface area contributed by atoms with Gasteiger partial charge in [-0.05, 0) is 12.3 Å². The average Bonchev–Trinajstić information content (AvgIpc) is 2.39. The van der Waals surface area contributed by atoms with Gasteiger partial charge in [-0.25, -0.2) is 8.42 Å². The minimum absolute atomic E-state index is 0.0295. The van der Waals surface area contributed by atoms with Crippen LogP contribution in [0.25, 0.3) is 0 Å². The van der Waals surface area contributed by atoms with Gasteiger partial charge in [0.1, 0.15) is 0 Å². The van der Waals surface area contributed by atoms with Crippen molar-refractivity contribution in [2.75, 3.05) is 6.61 Å². The van der Waals surface area contributed by atoms with Crippen molar-refractivity contribution in [3.8, 4) is 0 Å². The first-order valence-corrected chi connectivity index (χ1v) is 9.89. The summed E-state index contributed by atoms with van der Waals surface area (Å²) in [5, 5.41) is 0. The van der Waals surface area contributed by atoms with Crippen molar-refractivity contribution < 1.29 is 17.2 Å². The van der Waals surface area contributed by atoms with Crippen LogP contribution in [0.1, 0.15) is 90.9 Å². The van der Waals surface area contributed by atoms with Gasteiger partial charge >= 0.3 is 0 Å². The molecule has 0 rings (SSSR count). The van der Waals surface area contributed by atoms with E-state index in [0.717, 1.165) is 18.8 Å².